The maximum absolute atomic E-state index is 6.47. The monoisotopic (exact) mass is 456 g/mol. The summed E-state index contributed by atoms with van der Waals surface area (Å²) in [6.07, 6.45) is 24.2. The first kappa shape index (κ1) is 28.4. The van der Waals surface area contributed by atoms with Crippen LogP contribution in [-0.2, 0) is 8.85 Å². The summed E-state index contributed by atoms with van der Waals surface area (Å²) in [5.41, 5.74) is 0. The van der Waals surface area contributed by atoms with Crippen molar-refractivity contribution in [3.8, 4) is 0 Å². The van der Waals surface area contributed by atoms with Crippen LogP contribution in [0.15, 0.2) is 0 Å². The molecule has 1 saturated heterocycles. The Balaban J connectivity index is 2.35. The zero-order valence-electron chi connectivity index (χ0n) is 21.4. The van der Waals surface area contributed by atoms with Gasteiger partial charge in [-0.2, -0.15) is 0 Å². The van der Waals surface area contributed by atoms with E-state index in [1.165, 1.54) is 127 Å². The van der Waals surface area contributed by atoms with Crippen LogP contribution in [0.25, 0.3) is 0 Å². The summed E-state index contributed by atoms with van der Waals surface area (Å²) in [7, 11) is -3.05. The van der Waals surface area contributed by atoms with Crippen LogP contribution in [0, 0.1) is 0 Å². The quantitative estimate of drug-likeness (QED) is 0.366. The fraction of sp³-hybridized carbons (Fsp3) is 1.00. The van der Waals surface area contributed by atoms with Gasteiger partial charge in [0.15, 0.2) is 16.6 Å². The summed E-state index contributed by atoms with van der Waals surface area (Å²) >= 11 is 0. The summed E-state index contributed by atoms with van der Waals surface area (Å²) < 4.78 is 12.9. The molecular weight excluding hydrogens is 400 g/mol. The molecule has 1 unspecified atom stereocenters. The van der Waals surface area contributed by atoms with Gasteiger partial charge in [-0.3, -0.25) is 0 Å². The van der Waals surface area contributed by atoms with Crippen LogP contribution in [0.2, 0.25) is 37.8 Å². The van der Waals surface area contributed by atoms with Crippen LogP contribution in [0.3, 0.4) is 0 Å². The highest BCUT2D eigenvalue weighted by Crippen LogP contribution is 2.22. The molecule has 4 heteroatoms. The van der Waals surface area contributed by atoms with E-state index in [0.29, 0.717) is 0 Å². The first-order valence-corrected chi connectivity index (χ1v) is 19.7. The smallest absolute Gasteiger partial charge is 0.191 e. The first-order valence-electron chi connectivity index (χ1n) is 13.8. The average Bonchev–Trinajstić information content (AvgIpc) is 2.71. The molecule has 180 valence electrons. The fourth-order valence-electron chi connectivity index (χ4n) is 4.59. The van der Waals surface area contributed by atoms with Crippen molar-refractivity contribution in [2.75, 3.05) is 13.2 Å². The molecule has 1 atom stereocenters. The van der Waals surface area contributed by atoms with Crippen LogP contribution in [0.4, 0.5) is 0 Å². The van der Waals surface area contributed by atoms with E-state index in [-0.39, 0.29) is 0 Å². The van der Waals surface area contributed by atoms with Gasteiger partial charge in [0.1, 0.15) is 0 Å². The molecule has 0 spiro atoms. The predicted octanol–water partition coefficient (Wildman–Crippen LogP) is 9.47. The Labute approximate surface area is 192 Å². The second kappa shape index (κ2) is 17.9. The van der Waals surface area contributed by atoms with Crippen LogP contribution in [0.1, 0.15) is 116 Å². The molecule has 0 N–H and O–H groups in total. The average molecular weight is 457 g/mol. The van der Waals surface area contributed by atoms with Crippen molar-refractivity contribution < 1.29 is 8.85 Å². The topological polar surface area (TPSA) is 18.5 Å². The number of hydrogen-bond acceptors (Lipinski definition) is 2. The zero-order valence-corrected chi connectivity index (χ0v) is 23.4. The van der Waals surface area contributed by atoms with Crippen molar-refractivity contribution in [1.29, 1.82) is 0 Å². The lowest BCUT2D eigenvalue weighted by atomic mass is 10.0. The van der Waals surface area contributed by atoms with E-state index in [9.17, 15) is 0 Å². The summed E-state index contributed by atoms with van der Waals surface area (Å²) in [4.78, 5) is 0. The summed E-state index contributed by atoms with van der Waals surface area (Å²) in [5.74, 6) is 0. The van der Waals surface area contributed by atoms with Crippen molar-refractivity contribution in [1.82, 2.24) is 0 Å². The third-order valence-corrected chi connectivity index (χ3v) is 13.4. The molecular formula is C26H56O2Si2. The van der Waals surface area contributed by atoms with E-state index >= 15 is 0 Å². The van der Waals surface area contributed by atoms with Crippen molar-refractivity contribution in [3.05, 3.63) is 0 Å². The maximum atomic E-state index is 6.47. The molecule has 1 fully saturated rings. The second-order valence-corrected chi connectivity index (χ2v) is 19.5. The lowest BCUT2D eigenvalue weighted by molar-refractivity contribution is 0.272. The van der Waals surface area contributed by atoms with E-state index in [0.717, 1.165) is 13.2 Å². The first-order chi connectivity index (χ1) is 14.5. The Morgan fingerprint density at radius 1 is 0.467 bits per heavy atom. The van der Waals surface area contributed by atoms with Crippen LogP contribution in [-0.4, -0.2) is 29.8 Å². The van der Waals surface area contributed by atoms with E-state index in [1.807, 2.05) is 0 Å². The number of rotatable bonds is 1. The van der Waals surface area contributed by atoms with Crippen LogP contribution in [0.5, 0.6) is 0 Å². The minimum atomic E-state index is -1.56. The van der Waals surface area contributed by atoms with Crippen molar-refractivity contribution in [2.24, 2.45) is 0 Å². The van der Waals surface area contributed by atoms with Gasteiger partial charge in [-0.25, -0.2) is 0 Å². The molecule has 1 heterocycles. The zero-order chi connectivity index (χ0) is 22.0. The fourth-order valence-corrected chi connectivity index (χ4v) is 8.57. The molecule has 0 amide bonds. The molecule has 2 nitrogen and oxygen atoms in total. The van der Waals surface area contributed by atoms with Crippen molar-refractivity contribution in [3.63, 3.8) is 0 Å². The highest BCUT2D eigenvalue weighted by molar-refractivity contribution is 6.73. The second-order valence-electron chi connectivity index (χ2n) is 10.8. The van der Waals surface area contributed by atoms with E-state index in [4.69, 9.17) is 8.85 Å². The van der Waals surface area contributed by atoms with Gasteiger partial charge in [-0.15, -0.1) is 0 Å². The minimum absolute atomic E-state index is 0.940. The van der Waals surface area contributed by atoms with Crippen molar-refractivity contribution in [2.45, 2.75) is 154 Å². The van der Waals surface area contributed by atoms with Crippen LogP contribution >= 0.6 is 0 Å². The summed E-state index contributed by atoms with van der Waals surface area (Å²) in [6.45, 7) is 11.5. The molecule has 1 aliphatic heterocycles. The largest absolute Gasteiger partial charge is 0.418 e. The number of hydrogen-bond donors (Lipinski definition) is 0. The summed E-state index contributed by atoms with van der Waals surface area (Å²) in [6, 6.07) is 3.73. The Kier molecular flexibility index (Phi) is 16.9. The third-order valence-electron chi connectivity index (χ3n) is 7.25. The standard InChI is InChI=1S/C26H56O2Si2/c1-5-30(4)26-24-27-29(2,3)25-22-20-18-16-14-12-10-8-6-7-9-11-13-15-17-19-21-23-28-30/h5-26H2,1-4H3. The molecule has 0 aromatic carbocycles. The molecule has 0 aromatic rings. The van der Waals surface area contributed by atoms with Gasteiger partial charge in [-0.05, 0) is 44.2 Å². The molecule has 0 radical (unpaired) electrons. The van der Waals surface area contributed by atoms with E-state index in [1.54, 1.807) is 0 Å². The van der Waals surface area contributed by atoms with E-state index in [2.05, 4.69) is 26.6 Å². The van der Waals surface area contributed by atoms with E-state index < -0.39 is 16.6 Å². The van der Waals surface area contributed by atoms with Gasteiger partial charge in [0.05, 0.1) is 0 Å². The third kappa shape index (κ3) is 16.1. The normalized spacial score (nSPS) is 28.8. The Morgan fingerprint density at radius 3 is 1.30 bits per heavy atom. The van der Waals surface area contributed by atoms with Gasteiger partial charge in [0, 0.05) is 13.2 Å². The Hall–Kier alpha value is 0.354. The lowest BCUT2D eigenvalue weighted by Gasteiger charge is -2.29. The van der Waals surface area contributed by atoms with Crippen molar-refractivity contribution >= 4 is 16.6 Å². The molecule has 0 aromatic heterocycles. The molecule has 1 rings (SSSR count). The highest BCUT2D eigenvalue weighted by atomic mass is 28.4. The van der Waals surface area contributed by atoms with Crippen LogP contribution < -0.4 is 0 Å². The molecule has 0 bridgehead atoms. The Morgan fingerprint density at radius 2 is 0.867 bits per heavy atom. The predicted molar refractivity (Wildman–Crippen MR) is 140 cm³/mol. The minimum Gasteiger partial charge on any atom is -0.418 e. The van der Waals surface area contributed by atoms with Gasteiger partial charge < -0.3 is 8.85 Å². The summed E-state index contributed by atoms with van der Waals surface area (Å²) in [5, 5.41) is 0. The van der Waals surface area contributed by atoms with Gasteiger partial charge >= 0.3 is 0 Å². The molecule has 0 aliphatic carbocycles. The van der Waals surface area contributed by atoms with Gasteiger partial charge in [0.2, 0.25) is 0 Å². The highest BCUT2D eigenvalue weighted by Gasteiger charge is 2.29. The Bertz CT molecular complexity index is 389. The SMILES string of the molecule is CC[Si]1(C)CCO[Si](C)(C)CCCCCCCCCCCCCCCCCCCO1. The van der Waals surface area contributed by atoms with Gasteiger partial charge in [0.25, 0.3) is 0 Å². The van der Waals surface area contributed by atoms with Gasteiger partial charge in [-0.1, -0.05) is 110 Å². The maximum Gasteiger partial charge on any atom is 0.191 e. The molecule has 30 heavy (non-hydrogen) atoms. The molecule has 1 aliphatic rings. The molecule has 0 saturated carbocycles. The lowest BCUT2D eigenvalue weighted by Crippen LogP contribution is -2.38.